The molecule has 0 aromatic heterocycles. The minimum Gasteiger partial charge on any atom is -0.493 e. The first-order chi connectivity index (χ1) is 10.8. The minimum absolute atomic E-state index is 0.0400. The summed E-state index contributed by atoms with van der Waals surface area (Å²) in [6, 6.07) is 3.90. The Balaban J connectivity index is 2.63. The predicted octanol–water partition coefficient (Wildman–Crippen LogP) is 2.25. The average molecular weight is 321 g/mol. The SMILES string of the molecule is COc1ccc([C@@H]2C([N+](=O)[O-])=C(C)N(C)C(=O)N2C)cc1OC. The van der Waals surface area contributed by atoms with Gasteiger partial charge < -0.3 is 14.4 Å². The summed E-state index contributed by atoms with van der Waals surface area (Å²) in [5.41, 5.74) is 0.859. The largest absolute Gasteiger partial charge is 0.493 e. The number of hydrogen-bond donors (Lipinski definition) is 0. The van der Waals surface area contributed by atoms with Gasteiger partial charge in [-0.3, -0.25) is 15.0 Å². The van der Waals surface area contributed by atoms with Gasteiger partial charge in [0.25, 0.3) is 5.70 Å². The molecule has 0 aliphatic carbocycles. The van der Waals surface area contributed by atoms with Gasteiger partial charge in [-0.1, -0.05) is 6.07 Å². The van der Waals surface area contributed by atoms with Crippen molar-refractivity contribution in [3.05, 3.63) is 45.3 Å². The van der Waals surface area contributed by atoms with E-state index in [2.05, 4.69) is 0 Å². The molecule has 0 saturated carbocycles. The van der Waals surface area contributed by atoms with Crippen molar-refractivity contribution in [2.45, 2.75) is 13.0 Å². The normalized spacial score (nSPS) is 18.3. The molecule has 124 valence electrons. The predicted molar refractivity (Wildman–Crippen MR) is 82.9 cm³/mol. The number of nitro groups is 1. The van der Waals surface area contributed by atoms with Crippen molar-refractivity contribution in [2.24, 2.45) is 0 Å². The first-order valence-corrected chi connectivity index (χ1v) is 6.91. The fourth-order valence-corrected chi connectivity index (χ4v) is 2.68. The van der Waals surface area contributed by atoms with E-state index >= 15 is 0 Å². The fourth-order valence-electron chi connectivity index (χ4n) is 2.68. The molecular weight excluding hydrogens is 302 g/mol. The summed E-state index contributed by atoms with van der Waals surface area (Å²) in [7, 11) is 6.05. The highest BCUT2D eigenvalue weighted by atomic mass is 16.6. The Bertz CT molecular complexity index is 686. The summed E-state index contributed by atoms with van der Waals surface area (Å²) in [5, 5.41) is 11.6. The lowest BCUT2D eigenvalue weighted by Gasteiger charge is -2.36. The first-order valence-electron chi connectivity index (χ1n) is 6.91. The van der Waals surface area contributed by atoms with Gasteiger partial charge in [0.05, 0.1) is 24.8 Å². The number of amides is 2. The van der Waals surface area contributed by atoms with Crippen LogP contribution in [0, 0.1) is 10.1 Å². The Kier molecular flexibility index (Phi) is 4.44. The van der Waals surface area contributed by atoms with Crippen LogP contribution in [0.5, 0.6) is 11.5 Å². The van der Waals surface area contributed by atoms with Crippen LogP contribution in [0.25, 0.3) is 0 Å². The summed E-state index contributed by atoms with van der Waals surface area (Å²) < 4.78 is 10.4. The summed E-state index contributed by atoms with van der Waals surface area (Å²) >= 11 is 0. The second kappa shape index (κ2) is 6.15. The molecule has 8 heteroatoms. The van der Waals surface area contributed by atoms with Crippen LogP contribution in [0.3, 0.4) is 0 Å². The van der Waals surface area contributed by atoms with Gasteiger partial charge >= 0.3 is 6.03 Å². The van der Waals surface area contributed by atoms with Crippen LogP contribution in [0.15, 0.2) is 29.6 Å². The van der Waals surface area contributed by atoms with Crippen molar-refractivity contribution in [3.63, 3.8) is 0 Å². The van der Waals surface area contributed by atoms with Crippen LogP contribution in [0.4, 0.5) is 4.79 Å². The lowest BCUT2D eigenvalue weighted by atomic mass is 9.98. The third-order valence-electron chi connectivity index (χ3n) is 4.03. The number of carbonyl (C=O) groups is 1. The fraction of sp³-hybridized carbons (Fsp3) is 0.400. The van der Waals surface area contributed by atoms with Gasteiger partial charge in [0.2, 0.25) is 0 Å². The van der Waals surface area contributed by atoms with E-state index in [1.165, 1.54) is 38.1 Å². The number of methoxy groups -OCH3 is 2. The second-order valence-corrected chi connectivity index (χ2v) is 5.20. The van der Waals surface area contributed by atoms with Crippen LogP contribution in [-0.2, 0) is 0 Å². The van der Waals surface area contributed by atoms with E-state index in [1.54, 1.807) is 25.1 Å². The Labute approximate surface area is 134 Å². The molecule has 1 aromatic carbocycles. The number of ether oxygens (including phenoxy) is 2. The molecule has 2 amide bonds. The standard InChI is InChI=1S/C15H19N3O5/c1-9-13(18(20)21)14(17(3)15(19)16(9)2)10-6-7-11(22-4)12(8-10)23-5/h6-8,14H,1-5H3/t14-/m1/s1. The molecule has 8 nitrogen and oxygen atoms in total. The van der Waals surface area contributed by atoms with Gasteiger partial charge in [-0.25, -0.2) is 4.79 Å². The Morgan fingerprint density at radius 2 is 1.78 bits per heavy atom. The zero-order chi connectivity index (χ0) is 17.3. The third kappa shape index (κ3) is 2.67. The molecule has 1 aliphatic rings. The van der Waals surface area contributed by atoms with E-state index in [4.69, 9.17) is 9.47 Å². The van der Waals surface area contributed by atoms with Crippen molar-refractivity contribution < 1.29 is 19.2 Å². The Hall–Kier alpha value is -2.77. The summed E-state index contributed by atoms with van der Waals surface area (Å²) in [6.45, 7) is 1.57. The van der Waals surface area contributed by atoms with Gasteiger partial charge in [0.1, 0.15) is 0 Å². The lowest BCUT2D eigenvalue weighted by molar-refractivity contribution is -0.436. The number of allylic oxidation sites excluding steroid dienone is 1. The van der Waals surface area contributed by atoms with Gasteiger partial charge in [-0.05, 0) is 24.6 Å². The van der Waals surface area contributed by atoms with Crippen LogP contribution in [0.2, 0.25) is 0 Å². The maximum absolute atomic E-state index is 12.3. The number of carbonyl (C=O) groups excluding carboxylic acids is 1. The van der Waals surface area contributed by atoms with Crippen LogP contribution < -0.4 is 9.47 Å². The number of hydrogen-bond acceptors (Lipinski definition) is 5. The molecule has 0 bridgehead atoms. The first kappa shape index (κ1) is 16.6. The molecule has 0 fully saturated rings. The van der Waals surface area contributed by atoms with Crippen LogP contribution >= 0.6 is 0 Å². The van der Waals surface area contributed by atoms with Crippen LogP contribution in [0.1, 0.15) is 18.5 Å². The Morgan fingerprint density at radius 1 is 1.17 bits per heavy atom. The molecule has 0 unspecified atom stereocenters. The quantitative estimate of drug-likeness (QED) is 0.627. The van der Waals surface area contributed by atoms with E-state index in [1.807, 2.05) is 0 Å². The van der Waals surface area contributed by atoms with Gasteiger partial charge in [0, 0.05) is 14.1 Å². The zero-order valence-corrected chi connectivity index (χ0v) is 13.7. The van der Waals surface area contributed by atoms with E-state index in [0.29, 0.717) is 22.8 Å². The highest BCUT2D eigenvalue weighted by Crippen LogP contribution is 2.38. The minimum atomic E-state index is -0.798. The molecule has 0 radical (unpaired) electrons. The number of nitrogens with zero attached hydrogens (tertiary/aromatic N) is 3. The molecule has 1 heterocycles. The highest BCUT2D eigenvalue weighted by molar-refractivity contribution is 5.78. The number of rotatable bonds is 4. The van der Waals surface area contributed by atoms with Crippen molar-refractivity contribution in [1.29, 1.82) is 0 Å². The molecule has 0 spiro atoms. The van der Waals surface area contributed by atoms with Crippen LogP contribution in [-0.4, -0.2) is 49.1 Å². The maximum atomic E-state index is 12.3. The van der Waals surface area contributed by atoms with Crippen molar-refractivity contribution in [1.82, 2.24) is 9.80 Å². The third-order valence-corrected chi connectivity index (χ3v) is 4.03. The molecule has 0 N–H and O–H groups in total. The molecule has 2 rings (SSSR count). The summed E-state index contributed by atoms with van der Waals surface area (Å²) in [5.74, 6) is 0.964. The van der Waals surface area contributed by atoms with Crippen molar-refractivity contribution >= 4 is 6.03 Å². The van der Waals surface area contributed by atoms with Gasteiger partial charge in [0.15, 0.2) is 17.5 Å². The van der Waals surface area contributed by atoms with E-state index in [-0.39, 0.29) is 11.7 Å². The van der Waals surface area contributed by atoms with E-state index in [0.717, 1.165) is 0 Å². The van der Waals surface area contributed by atoms with Crippen molar-refractivity contribution in [2.75, 3.05) is 28.3 Å². The summed E-state index contributed by atoms with van der Waals surface area (Å²) in [6.07, 6.45) is 0. The Morgan fingerprint density at radius 3 is 2.30 bits per heavy atom. The topological polar surface area (TPSA) is 85.2 Å². The zero-order valence-electron chi connectivity index (χ0n) is 13.7. The monoisotopic (exact) mass is 321 g/mol. The molecule has 23 heavy (non-hydrogen) atoms. The highest BCUT2D eigenvalue weighted by Gasteiger charge is 2.42. The lowest BCUT2D eigenvalue weighted by Crippen LogP contribution is -2.47. The maximum Gasteiger partial charge on any atom is 0.324 e. The van der Waals surface area contributed by atoms with Gasteiger partial charge in [-0.15, -0.1) is 0 Å². The molecule has 1 aromatic rings. The molecule has 1 aliphatic heterocycles. The number of urea groups is 1. The molecule has 1 atom stereocenters. The van der Waals surface area contributed by atoms with Crippen molar-refractivity contribution in [3.8, 4) is 11.5 Å². The second-order valence-electron chi connectivity index (χ2n) is 5.20. The molecule has 0 saturated heterocycles. The van der Waals surface area contributed by atoms with E-state index < -0.39 is 11.0 Å². The summed E-state index contributed by atoms with van der Waals surface area (Å²) in [4.78, 5) is 26.0. The number of benzene rings is 1. The van der Waals surface area contributed by atoms with Gasteiger partial charge in [-0.2, -0.15) is 0 Å². The van der Waals surface area contributed by atoms with E-state index in [9.17, 15) is 14.9 Å². The number of likely N-dealkylation sites (N-methyl/N-ethyl adjacent to an activating group) is 1. The smallest absolute Gasteiger partial charge is 0.324 e. The molecular formula is C15H19N3O5. The average Bonchev–Trinajstić information content (AvgIpc) is 2.54.